The zero-order valence-electron chi connectivity index (χ0n) is 14.6. The van der Waals surface area contributed by atoms with E-state index in [0.717, 1.165) is 35.8 Å². The molecule has 1 aromatic carbocycles. The molecule has 2 aromatic rings. The average Bonchev–Trinajstić information content (AvgIpc) is 2.40. The van der Waals surface area contributed by atoms with E-state index in [-0.39, 0.29) is 10.8 Å². The lowest BCUT2D eigenvalue weighted by Gasteiger charge is -2.23. The zero-order chi connectivity index (χ0) is 16.4. The number of aromatic nitrogens is 2. The van der Waals surface area contributed by atoms with Crippen LogP contribution in [0.3, 0.4) is 0 Å². The molecule has 0 unspecified atom stereocenters. The van der Waals surface area contributed by atoms with Gasteiger partial charge in [-0.15, -0.1) is 0 Å². The summed E-state index contributed by atoms with van der Waals surface area (Å²) in [6.07, 6.45) is 0. The van der Waals surface area contributed by atoms with Gasteiger partial charge in [-0.2, -0.15) is 0 Å². The van der Waals surface area contributed by atoms with E-state index in [1.54, 1.807) is 0 Å². The third kappa shape index (κ3) is 4.86. The number of nitrogens with zero attached hydrogens (tertiary/aromatic N) is 2. The lowest BCUT2D eigenvalue weighted by molar-refractivity contribution is 0.440. The van der Waals surface area contributed by atoms with Gasteiger partial charge in [-0.05, 0) is 23.0 Å². The van der Waals surface area contributed by atoms with Gasteiger partial charge in [0.15, 0.2) is 11.6 Å². The van der Waals surface area contributed by atoms with Gasteiger partial charge in [-0.1, -0.05) is 53.7 Å². The number of hydrogen-bond acceptors (Lipinski definition) is 4. The molecular formula is C18H28N4. The number of anilines is 2. The minimum atomic E-state index is 0.189. The highest BCUT2D eigenvalue weighted by Gasteiger charge is 2.16. The largest absolute Gasteiger partial charge is 0.366 e. The Morgan fingerprint density at radius 2 is 1.09 bits per heavy atom. The van der Waals surface area contributed by atoms with E-state index in [2.05, 4.69) is 52.2 Å². The Morgan fingerprint density at radius 3 is 1.41 bits per heavy atom. The van der Waals surface area contributed by atoms with Crippen molar-refractivity contribution in [1.82, 2.24) is 9.97 Å². The number of benzene rings is 1. The van der Waals surface area contributed by atoms with Gasteiger partial charge in [0.1, 0.15) is 0 Å². The molecule has 4 nitrogen and oxygen atoms in total. The third-order valence-electron chi connectivity index (χ3n) is 3.14. The Bertz CT molecular complexity index is 579. The van der Waals surface area contributed by atoms with Gasteiger partial charge in [0.25, 0.3) is 0 Å². The Kier molecular flexibility index (Phi) is 4.59. The smallest absolute Gasteiger partial charge is 0.169 e. The minimum Gasteiger partial charge on any atom is -0.366 e. The molecule has 0 atom stereocenters. The number of fused-ring (bicyclic) bond motifs is 1. The molecule has 0 saturated heterocycles. The van der Waals surface area contributed by atoms with Crippen LogP contribution in [-0.2, 0) is 0 Å². The molecule has 0 bridgehead atoms. The number of hydrogen-bond donors (Lipinski definition) is 2. The van der Waals surface area contributed by atoms with Crippen molar-refractivity contribution in [2.45, 2.75) is 41.5 Å². The maximum Gasteiger partial charge on any atom is 0.169 e. The predicted molar refractivity (Wildman–Crippen MR) is 95.4 cm³/mol. The first-order chi connectivity index (χ1) is 10.1. The van der Waals surface area contributed by atoms with E-state index in [9.17, 15) is 0 Å². The van der Waals surface area contributed by atoms with Crippen molar-refractivity contribution >= 4 is 22.7 Å². The summed E-state index contributed by atoms with van der Waals surface area (Å²) < 4.78 is 0. The monoisotopic (exact) mass is 300 g/mol. The summed E-state index contributed by atoms with van der Waals surface area (Å²) >= 11 is 0. The first kappa shape index (κ1) is 16.5. The highest BCUT2D eigenvalue weighted by Crippen LogP contribution is 2.24. The van der Waals surface area contributed by atoms with Gasteiger partial charge in [-0.3, -0.25) is 0 Å². The maximum atomic E-state index is 4.74. The quantitative estimate of drug-likeness (QED) is 0.870. The van der Waals surface area contributed by atoms with Crippen LogP contribution in [0, 0.1) is 10.8 Å². The third-order valence-corrected chi connectivity index (χ3v) is 3.14. The van der Waals surface area contributed by atoms with Crippen molar-refractivity contribution in [2.24, 2.45) is 10.8 Å². The number of rotatable bonds is 4. The fraction of sp³-hybridized carbons (Fsp3) is 0.556. The van der Waals surface area contributed by atoms with Crippen molar-refractivity contribution in [3.63, 3.8) is 0 Å². The van der Waals surface area contributed by atoms with Crippen molar-refractivity contribution in [2.75, 3.05) is 23.7 Å². The summed E-state index contributed by atoms with van der Waals surface area (Å²) in [6.45, 7) is 14.9. The summed E-state index contributed by atoms with van der Waals surface area (Å²) in [5.74, 6) is 1.66. The van der Waals surface area contributed by atoms with Gasteiger partial charge >= 0.3 is 0 Å². The molecule has 2 rings (SSSR count). The summed E-state index contributed by atoms with van der Waals surface area (Å²) in [7, 11) is 0. The van der Waals surface area contributed by atoms with Crippen molar-refractivity contribution in [1.29, 1.82) is 0 Å². The standard InChI is InChI=1S/C18H28N4/c1-17(2,3)11-19-15-16(20-12-18(4,5)6)22-14-10-8-7-9-13(14)21-15/h7-10H,11-12H2,1-6H3,(H,19,21)(H,20,22). The molecule has 0 radical (unpaired) electrons. The van der Waals surface area contributed by atoms with E-state index in [1.165, 1.54) is 0 Å². The molecule has 0 aliphatic heterocycles. The first-order valence-electron chi connectivity index (χ1n) is 7.89. The summed E-state index contributed by atoms with van der Waals surface area (Å²) in [6, 6.07) is 7.98. The van der Waals surface area contributed by atoms with Gasteiger partial charge in [0, 0.05) is 13.1 Å². The molecule has 2 N–H and O–H groups in total. The van der Waals surface area contributed by atoms with Crippen LogP contribution >= 0.6 is 0 Å². The molecule has 4 heteroatoms. The van der Waals surface area contributed by atoms with Crippen LogP contribution in [-0.4, -0.2) is 23.1 Å². The summed E-state index contributed by atoms with van der Waals surface area (Å²) in [5.41, 5.74) is 2.21. The van der Waals surface area contributed by atoms with Crippen LogP contribution in [0.5, 0.6) is 0 Å². The second kappa shape index (κ2) is 6.11. The molecule has 1 aromatic heterocycles. The fourth-order valence-corrected chi connectivity index (χ4v) is 1.94. The Balaban J connectivity index is 2.32. The number of nitrogens with one attached hydrogen (secondary N) is 2. The van der Waals surface area contributed by atoms with Crippen molar-refractivity contribution in [3.8, 4) is 0 Å². The van der Waals surface area contributed by atoms with E-state index in [1.807, 2.05) is 24.3 Å². The Hall–Kier alpha value is -1.84. The van der Waals surface area contributed by atoms with Crippen LogP contribution in [0.1, 0.15) is 41.5 Å². The second-order valence-corrected chi connectivity index (χ2v) is 8.24. The number of para-hydroxylation sites is 2. The molecule has 0 aliphatic rings. The normalized spacial score (nSPS) is 12.5. The predicted octanol–water partition coefficient (Wildman–Crippen LogP) is 4.55. The molecule has 0 fully saturated rings. The lowest BCUT2D eigenvalue weighted by atomic mass is 9.97. The second-order valence-electron chi connectivity index (χ2n) is 8.24. The average molecular weight is 300 g/mol. The van der Waals surface area contributed by atoms with Gasteiger partial charge in [0.2, 0.25) is 0 Å². The Morgan fingerprint density at radius 1 is 0.727 bits per heavy atom. The van der Waals surface area contributed by atoms with Crippen LogP contribution in [0.4, 0.5) is 11.6 Å². The van der Waals surface area contributed by atoms with Crippen molar-refractivity contribution in [3.05, 3.63) is 24.3 Å². The van der Waals surface area contributed by atoms with Gasteiger partial charge in [0.05, 0.1) is 11.0 Å². The Labute approximate surface area is 133 Å². The lowest BCUT2D eigenvalue weighted by Crippen LogP contribution is -2.23. The molecule has 120 valence electrons. The molecule has 22 heavy (non-hydrogen) atoms. The van der Waals surface area contributed by atoms with Crippen LogP contribution in [0.2, 0.25) is 0 Å². The topological polar surface area (TPSA) is 49.8 Å². The molecule has 0 spiro atoms. The molecule has 1 heterocycles. The highest BCUT2D eigenvalue weighted by atomic mass is 15.1. The van der Waals surface area contributed by atoms with E-state index in [4.69, 9.17) is 9.97 Å². The SMILES string of the molecule is CC(C)(C)CNc1nc2ccccc2nc1NCC(C)(C)C. The van der Waals surface area contributed by atoms with E-state index >= 15 is 0 Å². The molecule has 0 amide bonds. The van der Waals surface area contributed by atoms with Crippen LogP contribution in [0.15, 0.2) is 24.3 Å². The highest BCUT2D eigenvalue weighted by molar-refractivity contribution is 5.80. The fourth-order valence-electron chi connectivity index (χ4n) is 1.94. The van der Waals surface area contributed by atoms with Crippen LogP contribution in [0.25, 0.3) is 11.0 Å². The van der Waals surface area contributed by atoms with E-state index in [0.29, 0.717) is 0 Å². The molecule has 0 aliphatic carbocycles. The maximum absolute atomic E-state index is 4.74. The van der Waals surface area contributed by atoms with Crippen molar-refractivity contribution < 1.29 is 0 Å². The zero-order valence-corrected chi connectivity index (χ0v) is 14.6. The first-order valence-corrected chi connectivity index (χ1v) is 7.89. The summed E-state index contributed by atoms with van der Waals surface area (Å²) in [5, 5.41) is 6.89. The molecular weight excluding hydrogens is 272 g/mol. The van der Waals surface area contributed by atoms with Crippen LogP contribution < -0.4 is 10.6 Å². The van der Waals surface area contributed by atoms with E-state index < -0.39 is 0 Å². The van der Waals surface area contributed by atoms with Gasteiger partial charge < -0.3 is 10.6 Å². The molecule has 0 saturated carbocycles. The van der Waals surface area contributed by atoms with Gasteiger partial charge in [-0.25, -0.2) is 9.97 Å². The minimum absolute atomic E-state index is 0.189. The summed E-state index contributed by atoms with van der Waals surface area (Å²) in [4.78, 5) is 9.49.